The van der Waals surface area contributed by atoms with Gasteiger partial charge in [0.05, 0.1) is 26.7 Å². The molecule has 7 nitrogen and oxygen atoms in total. The van der Waals surface area contributed by atoms with E-state index in [0.717, 1.165) is 67.6 Å². The molecule has 0 aliphatic heterocycles. The Morgan fingerprint density at radius 2 is 1.12 bits per heavy atom. The molecule has 0 saturated heterocycles. The highest BCUT2D eigenvalue weighted by atomic mass is 32.1. The first-order valence-electron chi connectivity index (χ1n) is 16.9. The summed E-state index contributed by atoms with van der Waals surface area (Å²) in [6, 6.07) is 13.9. The predicted octanol–water partition coefficient (Wildman–Crippen LogP) is 7.39. The summed E-state index contributed by atoms with van der Waals surface area (Å²) >= 11 is 3.13. The van der Waals surface area contributed by atoms with Gasteiger partial charge in [0.25, 0.3) is 0 Å². The van der Waals surface area contributed by atoms with E-state index in [2.05, 4.69) is 4.99 Å². The number of carbonyl (C=O) groups is 2. The van der Waals surface area contributed by atoms with Crippen LogP contribution in [0, 0.1) is 0 Å². The van der Waals surface area contributed by atoms with Crippen LogP contribution in [0.25, 0.3) is 28.0 Å². The van der Waals surface area contributed by atoms with Gasteiger partial charge in [0.1, 0.15) is 5.01 Å². The van der Waals surface area contributed by atoms with Crippen molar-refractivity contribution < 1.29 is 9.59 Å². The Kier molecular flexibility index (Phi) is 5.96. The van der Waals surface area contributed by atoms with Gasteiger partial charge in [-0.2, -0.15) is 0 Å². The maximum Gasteiger partial charge on any atom is 0.216 e. The standard InChI is InChI=1S/C39H29N3O4S2/c43-29-20-11-3-4-12-21(20)30(44)24(29)19-25-40-35-33(47-25)26-27(38(35)15-7-1-8-16-38)34-36(39(26)17-9-2-10-18-39)42-37(48-34)41-28-31(45)22-13-5-6-14-23(22)32(28)46/h3-6,11-14,19H,1-2,7-10,15-18H2. The summed E-state index contributed by atoms with van der Waals surface area (Å²) in [5.41, 5.74) is 4.71. The van der Waals surface area contributed by atoms with Crippen molar-refractivity contribution in [3.8, 4) is 0 Å². The van der Waals surface area contributed by atoms with E-state index < -0.39 is 0 Å². The number of aromatic nitrogens is 2. The maximum absolute atomic E-state index is 13.3. The fourth-order valence-electron chi connectivity index (χ4n) is 9.37. The van der Waals surface area contributed by atoms with Gasteiger partial charge >= 0.3 is 0 Å². The Hall–Kier alpha value is -4.47. The summed E-state index contributed by atoms with van der Waals surface area (Å²) in [7, 11) is 0. The first-order valence-corrected chi connectivity index (χ1v) is 18.5. The van der Waals surface area contributed by atoms with Crippen molar-refractivity contribution in [3.05, 3.63) is 117 Å². The van der Waals surface area contributed by atoms with E-state index in [1.807, 2.05) is 0 Å². The second-order valence-electron chi connectivity index (χ2n) is 13.9. The van der Waals surface area contributed by atoms with Crippen LogP contribution < -0.4 is 16.2 Å². The zero-order valence-electron chi connectivity index (χ0n) is 26.1. The van der Waals surface area contributed by atoms with Crippen LogP contribution in [0.15, 0.2) is 68.7 Å². The molecule has 2 spiro atoms. The van der Waals surface area contributed by atoms with E-state index in [1.54, 1.807) is 65.9 Å². The molecule has 0 atom stereocenters. The molecule has 3 aromatic carbocycles. The van der Waals surface area contributed by atoms with E-state index in [1.165, 1.54) is 40.2 Å². The molecule has 5 aliphatic carbocycles. The van der Waals surface area contributed by atoms with Crippen LogP contribution in [0.4, 0.5) is 5.13 Å². The van der Waals surface area contributed by atoms with Crippen molar-refractivity contribution in [2.45, 2.75) is 75.0 Å². The van der Waals surface area contributed by atoms with E-state index in [-0.39, 0.29) is 44.2 Å². The molecule has 0 unspecified atom stereocenters. The van der Waals surface area contributed by atoms with Gasteiger partial charge in [-0.15, -0.1) is 11.3 Å². The molecule has 10 rings (SSSR count). The highest BCUT2D eigenvalue weighted by Gasteiger charge is 2.60. The number of carbonyl (C=O) groups excluding carboxylic acids is 2. The molecule has 2 aromatic heterocycles. The Balaban J connectivity index is 1.17. The van der Waals surface area contributed by atoms with Gasteiger partial charge in [-0.1, -0.05) is 98.4 Å². The molecule has 5 aromatic rings. The number of hydrogen-bond acceptors (Lipinski definition) is 9. The lowest BCUT2D eigenvalue weighted by molar-refractivity contribution is 0.0990. The number of thiazole rings is 2. The lowest BCUT2D eigenvalue weighted by Crippen LogP contribution is -2.31. The third kappa shape index (κ3) is 3.61. The van der Waals surface area contributed by atoms with E-state index in [4.69, 9.17) is 9.97 Å². The lowest BCUT2D eigenvalue weighted by Gasteiger charge is -2.35. The largest absolute Gasteiger partial charge is 0.288 e. The normalized spacial score (nSPS) is 20.1. The molecular formula is C39H29N3O4S2. The lowest BCUT2D eigenvalue weighted by atomic mass is 9.68. The van der Waals surface area contributed by atoms with Crippen LogP contribution in [0.2, 0.25) is 0 Å². The third-order valence-corrected chi connectivity index (χ3v) is 13.5. The molecule has 236 valence electrons. The molecule has 0 amide bonds. The molecule has 0 bridgehead atoms. The fourth-order valence-corrected chi connectivity index (χ4v) is 11.8. The van der Waals surface area contributed by atoms with E-state index >= 15 is 0 Å². The molecule has 2 heterocycles. The summed E-state index contributed by atoms with van der Waals surface area (Å²) in [6.07, 6.45) is 12.3. The minimum atomic E-state index is -0.335. The van der Waals surface area contributed by atoms with Crippen molar-refractivity contribution in [1.82, 2.24) is 9.97 Å². The topological polar surface area (TPSA) is 106 Å². The number of rotatable bonds is 2. The van der Waals surface area contributed by atoms with Gasteiger partial charge in [-0.3, -0.25) is 19.2 Å². The van der Waals surface area contributed by atoms with Crippen molar-refractivity contribution in [2.24, 2.45) is 4.99 Å². The molecule has 0 radical (unpaired) electrons. The minimum absolute atomic E-state index is 0.0501. The molecule has 5 aliphatic rings. The second kappa shape index (κ2) is 10.0. The number of fused-ring (bicyclic) bond motifs is 10. The van der Waals surface area contributed by atoms with Crippen LogP contribution in [0.5, 0.6) is 0 Å². The van der Waals surface area contributed by atoms with E-state index in [9.17, 15) is 19.2 Å². The van der Waals surface area contributed by atoms with Gasteiger partial charge in [-0.05, 0) is 42.9 Å². The van der Waals surface area contributed by atoms with Crippen molar-refractivity contribution in [1.29, 1.82) is 0 Å². The number of hydrogen-bond donors (Lipinski definition) is 0. The van der Waals surface area contributed by atoms with E-state index in [0.29, 0.717) is 32.0 Å². The quantitative estimate of drug-likeness (QED) is 0.144. The van der Waals surface area contributed by atoms with Crippen LogP contribution in [0.3, 0.4) is 0 Å². The Labute approximate surface area is 283 Å². The number of allylic oxidation sites excluding steroid dienone is 3. The summed E-state index contributed by atoms with van der Waals surface area (Å²) in [5.74, 6) is -0.462. The fraction of sp³-hybridized carbons (Fsp3) is 0.308. The smallest absolute Gasteiger partial charge is 0.216 e. The van der Waals surface area contributed by atoms with Crippen molar-refractivity contribution in [2.75, 3.05) is 0 Å². The van der Waals surface area contributed by atoms with Crippen LogP contribution >= 0.6 is 22.7 Å². The predicted molar refractivity (Wildman–Crippen MR) is 188 cm³/mol. The van der Waals surface area contributed by atoms with Gasteiger partial charge in [0, 0.05) is 32.7 Å². The first-order chi connectivity index (χ1) is 23.4. The highest BCUT2D eigenvalue weighted by molar-refractivity contribution is 7.17. The number of benzene rings is 2. The Morgan fingerprint density at radius 1 is 0.625 bits per heavy atom. The first kappa shape index (κ1) is 28.5. The molecular weight excluding hydrogens is 639 g/mol. The van der Waals surface area contributed by atoms with Gasteiger partial charge < -0.3 is 0 Å². The number of ketones is 2. The minimum Gasteiger partial charge on any atom is -0.288 e. The maximum atomic E-state index is 13.3. The van der Waals surface area contributed by atoms with Crippen LogP contribution in [-0.4, -0.2) is 21.5 Å². The summed E-state index contributed by atoms with van der Waals surface area (Å²) < 4.78 is 0. The SMILES string of the molecule is O=C1C(=Cc2nc3c(s2)C2=C(c4sc(N=c5c(=O)c6ccccc6c5=O)nc4C24CCCCC4)C32CCCCC2)C(=O)c2ccccc21. The Morgan fingerprint density at radius 3 is 1.69 bits per heavy atom. The van der Waals surface area contributed by atoms with Crippen LogP contribution in [-0.2, 0) is 10.8 Å². The van der Waals surface area contributed by atoms with Gasteiger partial charge in [-0.25, -0.2) is 15.0 Å². The van der Waals surface area contributed by atoms with Crippen LogP contribution in [0.1, 0.15) is 111 Å². The monoisotopic (exact) mass is 667 g/mol. The molecule has 0 N–H and O–H groups in total. The second-order valence-corrected chi connectivity index (χ2v) is 15.9. The highest BCUT2D eigenvalue weighted by Crippen LogP contribution is 2.70. The van der Waals surface area contributed by atoms with Crippen molar-refractivity contribution >= 4 is 67.4 Å². The van der Waals surface area contributed by atoms with Gasteiger partial charge in [0.15, 0.2) is 16.9 Å². The summed E-state index contributed by atoms with van der Waals surface area (Å²) in [5, 5.41) is 1.94. The number of nitrogens with zero attached hydrogens (tertiary/aromatic N) is 3. The molecule has 48 heavy (non-hydrogen) atoms. The molecule has 9 heteroatoms. The molecule has 2 fully saturated rings. The summed E-state index contributed by atoms with van der Waals surface area (Å²) in [6.45, 7) is 0. The van der Waals surface area contributed by atoms with Gasteiger partial charge in [0.2, 0.25) is 16.0 Å². The number of Topliss-reactive ketones (excluding diaryl/α,β-unsaturated/α-hetero) is 2. The summed E-state index contributed by atoms with van der Waals surface area (Å²) in [4.78, 5) is 70.6. The zero-order valence-corrected chi connectivity index (χ0v) is 27.7. The zero-order chi connectivity index (χ0) is 32.4. The third-order valence-electron chi connectivity index (χ3n) is 11.5. The Bertz CT molecular complexity index is 2420. The molecule has 2 saturated carbocycles. The van der Waals surface area contributed by atoms with Crippen molar-refractivity contribution in [3.63, 3.8) is 0 Å². The average Bonchev–Trinajstić information content (AvgIpc) is 3.93. The average molecular weight is 668 g/mol.